The summed E-state index contributed by atoms with van der Waals surface area (Å²) >= 11 is 0. The van der Waals surface area contributed by atoms with Crippen molar-refractivity contribution in [2.45, 2.75) is 39.4 Å². The van der Waals surface area contributed by atoms with E-state index in [4.69, 9.17) is 0 Å². The summed E-state index contributed by atoms with van der Waals surface area (Å²) in [5.41, 5.74) is 2.00. The van der Waals surface area contributed by atoms with Gasteiger partial charge in [-0.15, -0.1) is 0 Å². The van der Waals surface area contributed by atoms with Gasteiger partial charge in [-0.2, -0.15) is 13.2 Å². The maximum Gasteiger partial charge on any atom is 0.389 e. The molecule has 0 aromatic heterocycles. The van der Waals surface area contributed by atoms with Gasteiger partial charge >= 0.3 is 6.18 Å². The quantitative estimate of drug-likeness (QED) is 0.628. The fourth-order valence-electron chi connectivity index (χ4n) is 1.78. The number of benzene rings is 1. The van der Waals surface area contributed by atoms with Crippen molar-refractivity contribution in [3.05, 3.63) is 34.6 Å². The Labute approximate surface area is 104 Å². The molecule has 0 unspecified atom stereocenters. The Morgan fingerprint density at radius 2 is 1.67 bits per heavy atom. The van der Waals surface area contributed by atoms with Crippen molar-refractivity contribution in [2.24, 2.45) is 0 Å². The predicted octanol–water partition coefficient (Wildman–Crippen LogP) is 3.87. The summed E-state index contributed by atoms with van der Waals surface area (Å²) in [4.78, 5) is 0. The smallest absolute Gasteiger partial charge is 0.313 e. The second-order valence-electron chi connectivity index (χ2n) is 4.44. The van der Waals surface area contributed by atoms with Crippen molar-refractivity contribution >= 4 is 0 Å². The van der Waals surface area contributed by atoms with E-state index >= 15 is 0 Å². The monoisotopic (exact) mass is 263 g/mol. The summed E-state index contributed by atoms with van der Waals surface area (Å²) in [6.07, 6.45) is -4.81. The number of halogens is 4. The Balaban J connectivity index is 2.36. The first-order chi connectivity index (χ1) is 8.29. The molecule has 0 aliphatic heterocycles. The second-order valence-corrected chi connectivity index (χ2v) is 4.44. The number of aryl methyl sites for hydroxylation is 2. The summed E-state index contributed by atoms with van der Waals surface area (Å²) < 4.78 is 49.0. The molecule has 0 amide bonds. The summed E-state index contributed by atoms with van der Waals surface area (Å²) in [5.74, 6) is -0.226. The molecule has 0 spiro atoms. The number of hydrogen-bond acceptors (Lipinski definition) is 1. The molecule has 0 saturated heterocycles. The first-order valence-corrected chi connectivity index (χ1v) is 5.82. The van der Waals surface area contributed by atoms with Crippen LogP contribution in [-0.4, -0.2) is 12.7 Å². The molecular formula is C13H17F4N. The molecule has 5 heteroatoms. The lowest BCUT2D eigenvalue weighted by Gasteiger charge is -2.09. The Morgan fingerprint density at radius 3 is 2.17 bits per heavy atom. The molecule has 1 nitrogen and oxygen atoms in total. The van der Waals surface area contributed by atoms with Gasteiger partial charge in [0.15, 0.2) is 0 Å². The zero-order valence-corrected chi connectivity index (χ0v) is 10.5. The molecule has 1 N–H and O–H groups in total. The van der Waals surface area contributed by atoms with Gasteiger partial charge in [0.1, 0.15) is 5.82 Å². The zero-order chi connectivity index (χ0) is 13.8. The molecular weight excluding hydrogens is 246 g/mol. The van der Waals surface area contributed by atoms with Crippen LogP contribution in [0.5, 0.6) is 0 Å². The van der Waals surface area contributed by atoms with Crippen LogP contribution >= 0.6 is 0 Å². The maximum atomic E-state index is 13.3. The maximum absolute atomic E-state index is 13.3. The first kappa shape index (κ1) is 15.0. The molecule has 0 bridgehead atoms. The van der Waals surface area contributed by atoms with Gasteiger partial charge < -0.3 is 5.32 Å². The van der Waals surface area contributed by atoms with Crippen molar-refractivity contribution in [1.29, 1.82) is 0 Å². The van der Waals surface area contributed by atoms with Crippen LogP contribution in [-0.2, 0) is 6.54 Å². The Kier molecular flexibility index (Phi) is 5.14. The van der Waals surface area contributed by atoms with Crippen molar-refractivity contribution in [1.82, 2.24) is 5.32 Å². The lowest BCUT2D eigenvalue weighted by Crippen LogP contribution is -2.18. The molecule has 0 fully saturated rings. The van der Waals surface area contributed by atoms with E-state index in [2.05, 4.69) is 5.32 Å². The predicted molar refractivity (Wildman–Crippen MR) is 62.9 cm³/mol. The van der Waals surface area contributed by atoms with Crippen LogP contribution in [0.3, 0.4) is 0 Å². The van der Waals surface area contributed by atoms with E-state index in [0.29, 0.717) is 24.2 Å². The third-order valence-corrected chi connectivity index (χ3v) is 2.64. The Bertz CT molecular complexity index is 375. The minimum atomic E-state index is -4.09. The van der Waals surface area contributed by atoms with Crippen LogP contribution in [0.25, 0.3) is 0 Å². The number of hydrogen-bond donors (Lipinski definition) is 1. The summed E-state index contributed by atoms with van der Waals surface area (Å²) in [7, 11) is 0. The molecule has 18 heavy (non-hydrogen) atoms. The molecule has 0 atom stereocenters. The van der Waals surface area contributed by atoms with Gasteiger partial charge in [-0.05, 0) is 43.5 Å². The minimum absolute atomic E-state index is 0.0582. The lowest BCUT2D eigenvalue weighted by molar-refractivity contribution is -0.135. The highest BCUT2D eigenvalue weighted by Crippen LogP contribution is 2.20. The summed E-state index contributed by atoms with van der Waals surface area (Å²) in [5, 5.41) is 2.93. The van der Waals surface area contributed by atoms with Crippen LogP contribution in [0.1, 0.15) is 29.5 Å². The van der Waals surface area contributed by atoms with E-state index < -0.39 is 12.6 Å². The average molecular weight is 263 g/mol. The fourth-order valence-corrected chi connectivity index (χ4v) is 1.78. The number of alkyl halides is 3. The van der Waals surface area contributed by atoms with Crippen LogP contribution < -0.4 is 5.32 Å². The highest BCUT2D eigenvalue weighted by atomic mass is 19.4. The SMILES string of the molecule is Cc1cc(CNCCCC(F)(F)F)cc(C)c1F. The Morgan fingerprint density at radius 1 is 1.11 bits per heavy atom. The van der Waals surface area contributed by atoms with E-state index in [-0.39, 0.29) is 12.2 Å². The van der Waals surface area contributed by atoms with Crippen LogP contribution in [0.15, 0.2) is 12.1 Å². The number of rotatable bonds is 5. The van der Waals surface area contributed by atoms with E-state index in [9.17, 15) is 17.6 Å². The van der Waals surface area contributed by atoms with E-state index in [1.54, 1.807) is 26.0 Å². The molecule has 0 radical (unpaired) electrons. The normalized spacial score (nSPS) is 11.9. The van der Waals surface area contributed by atoms with Crippen molar-refractivity contribution < 1.29 is 17.6 Å². The highest BCUT2D eigenvalue weighted by Gasteiger charge is 2.25. The van der Waals surface area contributed by atoms with Crippen molar-refractivity contribution in [2.75, 3.05) is 6.54 Å². The molecule has 0 heterocycles. The van der Waals surface area contributed by atoms with Crippen LogP contribution in [0.4, 0.5) is 17.6 Å². The van der Waals surface area contributed by atoms with Gasteiger partial charge in [-0.1, -0.05) is 12.1 Å². The van der Waals surface area contributed by atoms with Crippen molar-refractivity contribution in [3.63, 3.8) is 0 Å². The number of nitrogens with one attached hydrogen (secondary N) is 1. The molecule has 1 aromatic rings. The molecule has 1 aromatic carbocycles. The molecule has 0 saturated carbocycles. The molecule has 0 aliphatic rings. The first-order valence-electron chi connectivity index (χ1n) is 5.82. The van der Waals surface area contributed by atoms with Crippen LogP contribution in [0.2, 0.25) is 0 Å². The third kappa shape index (κ3) is 5.04. The van der Waals surface area contributed by atoms with Crippen molar-refractivity contribution in [3.8, 4) is 0 Å². The second kappa shape index (κ2) is 6.18. The summed E-state index contributed by atoms with van der Waals surface area (Å²) in [6, 6.07) is 3.41. The third-order valence-electron chi connectivity index (χ3n) is 2.64. The molecule has 102 valence electrons. The van der Waals surface area contributed by atoms with Gasteiger partial charge in [0.05, 0.1) is 0 Å². The zero-order valence-electron chi connectivity index (χ0n) is 10.5. The standard InChI is InChI=1S/C13H17F4N/c1-9-6-11(7-10(2)12(9)14)8-18-5-3-4-13(15,16)17/h6-7,18H,3-5,8H2,1-2H3. The van der Waals surface area contributed by atoms with E-state index in [0.717, 1.165) is 5.56 Å². The largest absolute Gasteiger partial charge is 0.389 e. The molecule has 0 aliphatic carbocycles. The summed E-state index contributed by atoms with van der Waals surface area (Å²) in [6.45, 7) is 4.11. The van der Waals surface area contributed by atoms with E-state index in [1.807, 2.05) is 0 Å². The average Bonchev–Trinajstić information content (AvgIpc) is 2.23. The van der Waals surface area contributed by atoms with Gasteiger partial charge in [0, 0.05) is 13.0 Å². The van der Waals surface area contributed by atoms with Gasteiger partial charge in [-0.25, -0.2) is 4.39 Å². The molecule has 1 rings (SSSR count). The van der Waals surface area contributed by atoms with Gasteiger partial charge in [0.25, 0.3) is 0 Å². The fraction of sp³-hybridized carbons (Fsp3) is 0.538. The van der Waals surface area contributed by atoms with Gasteiger partial charge in [-0.3, -0.25) is 0 Å². The van der Waals surface area contributed by atoms with E-state index in [1.165, 1.54) is 0 Å². The highest BCUT2D eigenvalue weighted by molar-refractivity contribution is 5.30. The minimum Gasteiger partial charge on any atom is -0.313 e. The lowest BCUT2D eigenvalue weighted by atomic mass is 10.1. The van der Waals surface area contributed by atoms with Gasteiger partial charge in [0.2, 0.25) is 0 Å². The van der Waals surface area contributed by atoms with Crippen LogP contribution in [0, 0.1) is 19.7 Å². The topological polar surface area (TPSA) is 12.0 Å². The Hall–Kier alpha value is -1.10.